The number of hydrogen-bond acceptors (Lipinski definition) is 4. The summed E-state index contributed by atoms with van der Waals surface area (Å²) >= 11 is 5.08. The van der Waals surface area contributed by atoms with Gasteiger partial charge in [-0.25, -0.2) is 0 Å². The maximum Gasteiger partial charge on any atom is 0.0992 e. The lowest BCUT2D eigenvalue weighted by Crippen LogP contribution is -2.01. The van der Waals surface area contributed by atoms with Crippen LogP contribution in [-0.2, 0) is 6.54 Å². The zero-order valence-corrected chi connectivity index (χ0v) is 11.3. The van der Waals surface area contributed by atoms with Crippen molar-refractivity contribution < 1.29 is 0 Å². The predicted molar refractivity (Wildman–Crippen MR) is 74.9 cm³/mol. The molecule has 86 valence electrons. The van der Waals surface area contributed by atoms with Crippen molar-refractivity contribution in [3.05, 3.63) is 44.6 Å². The molecule has 0 aliphatic rings. The standard InChI is InChI=1S/C12H10BrN3S/c13-9-4-10(17-7-9)6-16-12-3-8(5-14)1-2-11(12)15/h1-4,7,16H,6,15H2. The Morgan fingerprint density at radius 2 is 2.24 bits per heavy atom. The number of benzene rings is 1. The molecule has 0 fully saturated rings. The van der Waals surface area contributed by atoms with Crippen LogP contribution in [0.4, 0.5) is 11.4 Å². The maximum atomic E-state index is 8.82. The van der Waals surface area contributed by atoms with Crippen LogP contribution in [0.5, 0.6) is 0 Å². The van der Waals surface area contributed by atoms with Crippen molar-refractivity contribution in [3.63, 3.8) is 0 Å². The largest absolute Gasteiger partial charge is 0.397 e. The molecule has 0 unspecified atom stereocenters. The Bertz CT molecular complexity index is 571. The van der Waals surface area contributed by atoms with Crippen LogP contribution < -0.4 is 11.1 Å². The number of nitrogen functional groups attached to an aromatic ring is 1. The fraction of sp³-hybridized carbons (Fsp3) is 0.0833. The van der Waals surface area contributed by atoms with Crippen molar-refractivity contribution in [1.29, 1.82) is 5.26 Å². The van der Waals surface area contributed by atoms with Crippen LogP contribution in [0.2, 0.25) is 0 Å². The van der Waals surface area contributed by atoms with Crippen molar-refractivity contribution in [3.8, 4) is 6.07 Å². The third-order valence-corrected chi connectivity index (χ3v) is 3.95. The summed E-state index contributed by atoms with van der Waals surface area (Å²) in [4.78, 5) is 1.21. The van der Waals surface area contributed by atoms with Crippen molar-refractivity contribution >= 4 is 38.6 Å². The fourth-order valence-electron chi connectivity index (χ4n) is 1.41. The molecule has 0 atom stereocenters. The number of halogens is 1. The molecule has 1 aromatic carbocycles. The van der Waals surface area contributed by atoms with E-state index in [2.05, 4.69) is 33.4 Å². The molecule has 0 aliphatic carbocycles. The lowest BCUT2D eigenvalue weighted by molar-refractivity contribution is 1.19. The van der Waals surface area contributed by atoms with Crippen LogP contribution in [0.25, 0.3) is 0 Å². The quantitative estimate of drug-likeness (QED) is 0.852. The van der Waals surface area contributed by atoms with Gasteiger partial charge in [0.1, 0.15) is 0 Å². The summed E-state index contributed by atoms with van der Waals surface area (Å²) in [7, 11) is 0. The number of nitrogens with one attached hydrogen (secondary N) is 1. The van der Waals surface area contributed by atoms with Crippen molar-refractivity contribution in [2.24, 2.45) is 0 Å². The summed E-state index contributed by atoms with van der Waals surface area (Å²) in [6.07, 6.45) is 0. The van der Waals surface area contributed by atoms with E-state index in [0.717, 1.165) is 10.2 Å². The van der Waals surface area contributed by atoms with Crippen LogP contribution in [0.1, 0.15) is 10.4 Å². The number of nitrogens with zero attached hydrogens (tertiary/aromatic N) is 1. The van der Waals surface area contributed by atoms with Crippen LogP contribution >= 0.6 is 27.3 Å². The van der Waals surface area contributed by atoms with Crippen LogP contribution in [-0.4, -0.2) is 0 Å². The first-order valence-corrected chi connectivity index (χ1v) is 6.62. The zero-order chi connectivity index (χ0) is 12.3. The summed E-state index contributed by atoms with van der Waals surface area (Å²) in [5.41, 5.74) is 7.89. The molecular formula is C12H10BrN3S. The second kappa shape index (κ2) is 5.21. The summed E-state index contributed by atoms with van der Waals surface area (Å²) in [5, 5.41) is 14.1. The third kappa shape index (κ3) is 2.99. The van der Waals surface area contributed by atoms with E-state index < -0.39 is 0 Å². The third-order valence-electron chi connectivity index (χ3n) is 2.26. The Balaban J connectivity index is 2.11. The SMILES string of the molecule is N#Cc1ccc(N)c(NCc2cc(Br)cs2)c1. The van der Waals surface area contributed by atoms with Crippen molar-refractivity contribution in [1.82, 2.24) is 0 Å². The van der Waals surface area contributed by atoms with E-state index in [1.54, 1.807) is 29.5 Å². The van der Waals surface area contributed by atoms with Gasteiger partial charge in [-0.3, -0.25) is 0 Å². The zero-order valence-electron chi connectivity index (χ0n) is 8.90. The maximum absolute atomic E-state index is 8.82. The predicted octanol–water partition coefficient (Wildman–Crippen LogP) is 3.58. The van der Waals surface area contributed by atoms with Crippen LogP contribution in [0.3, 0.4) is 0 Å². The molecule has 0 amide bonds. The average Bonchev–Trinajstić information content (AvgIpc) is 2.74. The number of nitriles is 1. The molecule has 17 heavy (non-hydrogen) atoms. The van der Waals surface area contributed by atoms with E-state index in [0.29, 0.717) is 17.8 Å². The molecule has 1 aromatic heterocycles. The van der Waals surface area contributed by atoms with E-state index >= 15 is 0 Å². The fourth-order valence-corrected chi connectivity index (χ4v) is 2.80. The van der Waals surface area contributed by atoms with Gasteiger partial charge in [0.2, 0.25) is 0 Å². The number of thiophene rings is 1. The summed E-state index contributed by atoms with van der Waals surface area (Å²) in [6, 6.07) is 9.37. The molecular weight excluding hydrogens is 298 g/mol. The van der Waals surface area contributed by atoms with E-state index in [4.69, 9.17) is 11.0 Å². The van der Waals surface area contributed by atoms with E-state index in [1.807, 2.05) is 5.38 Å². The molecule has 0 spiro atoms. The second-order valence-electron chi connectivity index (χ2n) is 3.50. The van der Waals surface area contributed by atoms with Gasteiger partial charge in [-0.15, -0.1) is 11.3 Å². The van der Waals surface area contributed by atoms with Gasteiger partial charge in [-0.05, 0) is 40.2 Å². The van der Waals surface area contributed by atoms with Gasteiger partial charge in [0.05, 0.1) is 23.0 Å². The van der Waals surface area contributed by atoms with E-state index in [1.165, 1.54) is 4.88 Å². The van der Waals surface area contributed by atoms with Crippen molar-refractivity contribution in [2.45, 2.75) is 6.54 Å². The van der Waals surface area contributed by atoms with Gasteiger partial charge in [0.25, 0.3) is 0 Å². The molecule has 1 heterocycles. The topological polar surface area (TPSA) is 61.8 Å². The highest BCUT2D eigenvalue weighted by molar-refractivity contribution is 9.10. The lowest BCUT2D eigenvalue weighted by Gasteiger charge is -2.08. The number of anilines is 2. The smallest absolute Gasteiger partial charge is 0.0992 e. The molecule has 0 radical (unpaired) electrons. The minimum atomic E-state index is 0.606. The molecule has 3 N–H and O–H groups in total. The van der Waals surface area contributed by atoms with Gasteiger partial charge in [0, 0.05) is 21.3 Å². The second-order valence-corrected chi connectivity index (χ2v) is 5.41. The molecule has 0 saturated heterocycles. The minimum absolute atomic E-state index is 0.606. The molecule has 0 aliphatic heterocycles. The first-order chi connectivity index (χ1) is 8.19. The first-order valence-electron chi connectivity index (χ1n) is 4.95. The lowest BCUT2D eigenvalue weighted by atomic mass is 10.2. The Labute approximate surface area is 112 Å². The molecule has 5 heteroatoms. The summed E-state index contributed by atoms with van der Waals surface area (Å²) < 4.78 is 1.08. The van der Waals surface area contributed by atoms with Gasteiger partial charge >= 0.3 is 0 Å². The summed E-state index contributed by atoms with van der Waals surface area (Å²) in [6.45, 7) is 0.704. The van der Waals surface area contributed by atoms with Gasteiger partial charge in [-0.2, -0.15) is 5.26 Å². The molecule has 2 aromatic rings. The minimum Gasteiger partial charge on any atom is -0.397 e. The van der Waals surface area contributed by atoms with Gasteiger partial charge < -0.3 is 11.1 Å². The Morgan fingerprint density at radius 1 is 1.41 bits per heavy atom. The van der Waals surface area contributed by atoms with E-state index in [9.17, 15) is 0 Å². The van der Waals surface area contributed by atoms with Gasteiger partial charge in [0.15, 0.2) is 0 Å². The van der Waals surface area contributed by atoms with Crippen LogP contribution in [0, 0.1) is 11.3 Å². The first kappa shape index (κ1) is 12.0. The number of rotatable bonds is 3. The normalized spacial score (nSPS) is 9.88. The number of nitrogens with two attached hydrogens (primary N) is 1. The van der Waals surface area contributed by atoms with E-state index in [-0.39, 0.29) is 0 Å². The highest BCUT2D eigenvalue weighted by Gasteiger charge is 2.02. The van der Waals surface area contributed by atoms with Crippen molar-refractivity contribution in [2.75, 3.05) is 11.1 Å². The Kier molecular flexibility index (Phi) is 3.67. The summed E-state index contributed by atoms with van der Waals surface area (Å²) in [5.74, 6) is 0. The average molecular weight is 308 g/mol. The molecule has 0 bridgehead atoms. The highest BCUT2D eigenvalue weighted by Crippen LogP contribution is 2.23. The number of hydrogen-bond donors (Lipinski definition) is 2. The monoisotopic (exact) mass is 307 g/mol. The molecule has 0 saturated carbocycles. The van der Waals surface area contributed by atoms with Crippen LogP contribution in [0.15, 0.2) is 34.1 Å². The highest BCUT2D eigenvalue weighted by atomic mass is 79.9. The Hall–Kier alpha value is -1.51. The molecule has 2 rings (SSSR count). The Morgan fingerprint density at radius 3 is 2.88 bits per heavy atom. The van der Waals surface area contributed by atoms with Gasteiger partial charge in [-0.1, -0.05) is 0 Å². The molecule has 3 nitrogen and oxygen atoms in total.